The molecule has 0 spiro atoms. The van der Waals surface area contributed by atoms with Gasteiger partial charge in [-0.25, -0.2) is 0 Å². The summed E-state index contributed by atoms with van der Waals surface area (Å²) >= 11 is 0. The first kappa shape index (κ1) is 7.81. The summed E-state index contributed by atoms with van der Waals surface area (Å²) in [6.45, 7) is 3.11. The average molecular weight is 162 g/mol. The molecular weight excluding hydrogens is 148 g/mol. The summed E-state index contributed by atoms with van der Waals surface area (Å²) in [7, 11) is 0. The molecule has 1 aliphatic rings. The molecule has 2 rings (SSSR count). The number of benzene rings is 1. The van der Waals surface area contributed by atoms with E-state index in [-0.39, 0.29) is 5.60 Å². The number of hydrogen-bond donors (Lipinski definition) is 0. The summed E-state index contributed by atoms with van der Waals surface area (Å²) in [6.07, 6.45) is 2.34. The molecule has 12 heavy (non-hydrogen) atoms. The fourth-order valence-corrected chi connectivity index (χ4v) is 1.69. The highest BCUT2D eigenvalue weighted by molar-refractivity contribution is 5.26. The van der Waals surface area contributed by atoms with Gasteiger partial charge in [0.2, 0.25) is 0 Å². The van der Waals surface area contributed by atoms with Gasteiger partial charge < -0.3 is 4.74 Å². The maximum Gasteiger partial charge on any atom is 0.117 e. The molecule has 0 bridgehead atoms. The SMILES string of the molecule is CCC[C@@]1(c2ccccc2)CO1. The lowest BCUT2D eigenvalue weighted by Gasteiger charge is -2.09. The Kier molecular flexibility index (Phi) is 1.89. The Balaban J connectivity index is 2.19. The van der Waals surface area contributed by atoms with Crippen LogP contribution in [0.15, 0.2) is 30.3 Å². The van der Waals surface area contributed by atoms with Gasteiger partial charge in [-0.05, 0) is 12.0 Å². The predicted octanol–water partition coefficient (Wildman–Crippen LogP) is 2.71. The first-order valence-corrected chi connectivity index (χ1v) is 4.57. The molecule has 1 aliphatic heterocycles. The molecule has 1 atom stereocenters. The Morgan fingerprint density at radius 1 is 1.33 bits per heavy atom. The van der Waals surface area contributed by atoms with Crippen LogP contribution in [-0.2, 0) is 10.3 Å². The van der Waals surface area contributed by atoms with Gasteiger partial charge >= 0.3 is 0 Å². The van der Waals surface area contributed by atoms with Crippen molar-refractivity contribution < 1.29 is 4.74 Å². The Labute approximate surface area is 73.4 Å². The normalized spacial score (nSPS) is 27.1. The summed E-state index contributed by atoms with van der Waals surface area (Å²) in [5.74, 6) is 0. The van der Waals surface area contributed by atoms with Crippen molar-refractivity contribution in [1.29, 1.82) is 0 Å². The average Bonchev–Trinajstić information content (AvgIpc) is 2.88. The second-order valence-electron chi connectivity index (χ2n) is 3.40. The lowest BCUT2D eigenvalue weighted by Crippen LogP contribution is -2.07. The third-order valence-corrected chi connectivity index (χ3v) is 2.45. The van der Waals surface area contributed by atoms with E-state index in [9.17, 15) is 0 Å². The largest absolute Gasteiger partial charge is 0.365 e. The summed E-state index contributed by atoms with van der Waals surface area (Å²) in [5.41, 5.74) is 1.43. The zero-order chi connectivity index (χ0) is 8.44. The maximum absolute atomic E-state index is 5.52. The second kappa shape index (κ2) is 2.91. The van der Waals surface area contributed by atoms with Crippen LogP contribution in [0.1, 0.15) is 25.3 Å². The van der Waals surface area contributed by atoms with Crippen molar-refractivity contribution in [2.45, 2.75) is 25.4 Å². The van der Waals surface area contributed by atoms with Crippen molar-refractivity contribution in [2.24, 2.45) is 0 Å². The van der Waals surface area contributed by atoms with Crippen LogP contribution in [0.3, 0.4) is 0 Å². The molecule has 64 valence electrons. The Morgan fingerprint density at radius 2 is 2.00 bits per heavy atom. The van der Waals surface area contributed by atoms with E-state index in [0.717, 1.165) is 13.0 Å². The van der Waals surface area contributed by atoms with Gasteiger partial charge in [0.1, 0.15) is 5.60 Å². The summed E-state index contributed by atoms with van der Waals surface area (Å²) < 4.78 is 5.52. The molecule has 1 aromatic rings. The van der Waals surface area contributed by atoms with Crippen LogP contribution in [-0.4, -0.2) is 6.61 Å². The number of hydrogen-bond acceptors (Lipinski definition) is 1. The molecule has 0 amide bonds. The standard InChI is InChI=1S/C11H14O/c1-2-8-11(9-12-11)10-6-4-3-5-7-10/h3-7H,2,8-9H2,1H3/t11-/m0/s1. The zero-order valence-electron chi connectivity index (χ0n) is 7.42. The molecule has 0 saturated carbocycles. The molecule has 1 nitrogen and oxygen atoms in total. The van der Waals surface area contributed by atoms with Crippen molar-refractivity contribution in [2.75, 3.05) is 6.61 Å². The Bertz CT molecular complexity index is 249. The van der Waals surface area contributed by atoms with E-state index in [1.54, 1.807) is 0 Å². The lowest BCUT2D eigenvalue weighted by atomic mass is 9.95. The molecular formula is C11H14O. The molecule has 0 unspecified atom stereocenters. The van der Waals surface area contributed by atoms with E-state index >= 15 is 0 Å². The van der Waals surface area contributed by atoms with Gasteiger partial charge in [-0.3, -0.25) is 0 Å². The van der Waals surface area contributed by atoms with E-state index < -0.39 is 0 Å². The minimum Gasteiger partial charge on any atom is -0.365 e. The van der Waals surface area contributed by atoms with Crippen LogP contribution in [0.5, 0.6) is 0 Å². The highest BCUT2D eigenvalue weighted by Crippen LogP contribution is 2.42. The highest BCUT2D eigenvalue weighted by atomic mass is 16.6. The molecule has 0 N–H and O–H groups in total. The van der Waals surface area contributed by atoms with Gasteiger partial charge in [0.05, 0.1) is 6.61 Å². The number of ether oxygens (including phenoxy) is 1. The van der Waals surface area contributed by atoms with Crippen molar-refractivity contribution in [3.8, 4) is 0 Å². The predicted molar refractivity (Wildman–Crippen MR) is 49.0 cm³/mol. The van der Waals surface area contributed by atoms with E-state index in [1.165, 1.54) is 12.0 Å². The maximum atomic E-state index is 5.52. The first-order valence-electron chi connectivity index (χ1n) is 4.57. The van der Waals surface area contributed by atoms with Crippen LogP contribution < -0.4 is 0 Å². The van der Waals surface area contributed by atoms with Crippen LogP contribution in [0.4, 0.5) is 0 Å². The quantitative estimate of drug-likeness (QED) is 0.622. The Hall–Kier alpha value is -0.820. The smallest absolute Gasteiger partial charge is 0.117 e. The topological polar surface area (TPSA) is 12.5 Å². The van der Waals surface area contributed by atoms with E-state index in [2.05, 4.69) is 31.2 Å². The van der Waals surface area contributed by atoms with Gasteiger partial charge in [0.25, 0.3) is 0 Å². The summed E-state index contributed by atoms with van der Waals surface area (Å²) in [4.78, 5) is 0. The number of rotatable bonds is 3. The fourth-order valence-electron chi connectivity index (χ4n) is 1.69. The molecule has 0 aliphatic carbocycles. The minimum absolute atomic E-state index is 0.0933. The van der Waals surface area contributed by atoms with E-state index in [0.29, 0.717) is 0 Å². The van der Waals surface area contributed by atoms with Gasteiger partial charge in [0.15, 0.2) is 0 Å². The van der Waals surface area contributed by atoms with Crippen molar-refractivity contribution in [3.63, 3.8) is 0 Å². The third-order valence-electron chi connectivity index (χ3n) is 2.45. The third kappa shape index (κ3) is 1.25. The van der Waals surface area contributed by atoms with Gasteiger partial charge in [-0.15, -0.1) is 0 Å². The second-order valence-corrected chi connectivity index (χ2v) is 3.40. The van der Waals surface area contributed by atoms with Crippen LogP contribution in [0.25, 0.3) is 0 Å². The van der Waals surface area contributed by atoms with Gasteiger partial charge in [-0.1, -0.05) is 43.7 Å². The number of epoxide rings is 1. The molecule has 1 fully saturated rings. The molecule has 1 aromatic carbocycles. The Morgan fingerprint density at radius 3 is 2.50 bits per heavy atom. The van der Waals surface area contributed by atoms with Crippen molar-refractivity contribution in [3.05, 3.63) is 35.9 Å². The monoisotopic (exact) mass is 162 g/mol. The first-order chi connectivity index (χ1) is 5.87. The van der Waals surface area contributed by atoms with Gasteiger partial charge in [-0.2, -0.15) is 0 Å². The van der Waals surface area contributed by atoms with Crippen molar-refractivity contribution >= 4 is 0 Å². The zero-order valence-corrected chi connectivity index (χ0v) is 7.42. The van der Waals surface area contributed by atoms with Crippen LogP contribution in [0, 0.1) is 0 Å². The molecule has 0 radical (unpaired) electrons. The molecule has 1 heterocycles. The summed E-state index contributed by atoms with van der Waals surface area (Å²) in [5, 5.41) is 0. The van der Waals surface area contributed by atoms with E-state index in [4.69, 9.17) is 4.74 Å². The van der Waals surface area contributed by atoms with Crippen LogP contribution >= 0.6 is 0 Å². The fraction of sp³-hybridized carbons (Fsp3) is 0.455. The lowest BCUT2D eigenvalue weighted by molar-refractivity contribution is 0.291. The highest BCUT2D eigenvalue weighted by Gasteiger charge is 2.44. The van der Waals surface area contributed by atoms with E-state index in [1.807, 2.05) is 6.07 Å². The molecule has 1 saturated heterocycles. The van der Waals surface area contributed by atoms with Crippen molar-refractivity contribution in [1.82, 2.24) is 0 Å². The molecule has 0 aromatic heterocycles. The minimum atomic E-state index is 0.0933. The van der Waals surface area contributed by atoms with Crippen LogP contribution in [0.2, 0.25) is 0 Å². The molecule has 1 heteroatoms. The summed E-state index contributed by atoms with van der Waals surface area (Å²) in [6, 6.07) is 10.5. The van der Waals surface area contributed by atoms with Gasteiger partial charge in [0, 0.05) is 0 Å².